The highest BCUT2D eigenvalue weighted by atomic mass is 32.2. The van der Waals surface area contributed by atoms with Crippen LogP contribution in [0.2, 0.25) is 0 Å². The molecule has 1 amide bonds. The van der Waals surface area contributed by atoms with Crippen molar-refractivity contribution in [2.45, 2.75) is 68.5 Å². The van der Waals surface area contributed by atoms with Gasteiger partial charge < -0.3 is 5.32 Å². The molecule has 0 spiro atoms. The summed E-state index contributed by atoms with van der Waals surface area (Å²) in [7, 11) is -4.02. The minimum Gasteiger partial charge on any atom is -0.353 e. The topological polar surface area (TPSA) is 66.5 Å². The molecular weight excluding hydrogens is 405 g/mol. The normalized spacial score (nSPS) is 20.9. The third kappa shape index (κ3) is 5.51. The molecule has 0 atom stereocenters. The van der Waals surface area contributed by atoms with E-state index in [9.17, 15) is 26.4 Å². The standard InChI is InChI=1S/C20H27F3N2O3S/c21-20(22,23)16-6-5-9-18(14-16)29(27,28)25-12-10-15(11-13-25)19(26)24-17-7-3-1-2-4-8-17/h5-6,9,14-15,17H,1-4,7-8,10-13H2,(H,24,26). The molecule has 1 heterocycles. The molecule has 29 heavy (non-hydrogen) atoms. The number of alkyl halides is 3. The largest absolute Gasteiger partial charge is 0.416 e. The zero-order valence-corrected chi connectivity index (χ0v) is 17.1. The number of carbonyl (C=O) groups is 1. The van der Waals surface area contributed by atoms with Gasteiger partial charge in [-0.15, -0.1) is 0 Å². The lowest BCUT2D eigenvalue weighted by Crippen LogP contribution is -2.45. The Bertz CT molecular complexity index is 811. The van der Waals surface area contributed by atoms with Gasteiger partial charge in [-0.2, -0.15) is 17.5 Å². The van der Waals surface area contributed by atoms with Crippen molar-refractivity contribution in [2.75, 3.05) is 13.1 Å². The maximum absolute atomic E-state index is 12.9. The average molecular weight is 433 g/mol. The maximum Gasteiger partial charge on any atom is 0.416 e. The van der Waals surface area contributed by atoms with Crippen molar-refractivity contribution in [3.05, 3.63) is 29.8 Å². The minimum atomic E-state index is -4.60. The molecule has 2 fully saturated rings. The first-order valence-corrected chi connectivity index (χ1v) is 11.6. The Balaban J connectivity index is 1.60. The smallest absolute Gasteiger partial charge is 0.353 e. The zero-order valence-electron chi connectivity index (χ0n) is 16.2. The van der Waals surface area contributed by atoms with Crippen LogP contribution < -0.4 is 5.32 Å². The summed E-state index contributed by atoms with van der Waals surface area (Å²) in [5, 5.41) is 3.11. The lowest BCUT2D eigenvalue weighted by atomic mass is 9.96. The highest BCUT2D eigenvalue weighted by Crippen LogP contribution is 2.32. The van der Waals surface area contributed by atoms with Crippen molar-refractivity contribution < 1.29 is 26.4 Å². The summed E-state index contributed by atoms with van der Waals surface area (Å²) >= 11 is 0. The third-order valence-electron chi connectivity index (χ3n) is 5.83. The van der Waals surface area contributed by atoms with E-state index >= 15 is 0 Å². The van der Waals surface area contributed by atoms with Crippen LogP contribution in [0.4, 0.5) is 13.2 Å². The fraction of sp³-hybridized carbons (Fsp3) is 0.650. The van der Waals surface area contributed by atoms with E-state index in [-0.39, 0.29) is 35.9 Å². The van der Waals surface area contributed by atoms with Crippen LogP contribution in [0.1, 0.15) is 56.9 Å². The van der Waals surface area contributed by atoms with Gasteiger partial charge in [-0.3, -0.25) is 4.79 Å². The molecular formula is C20H27F3N2O3S. The van der Waals surface area contributed by atoms with Gasteiger partial charge in [0.15, 0.2) is 0 Å². The Hall–Kier alpha value is -1.61. The van der Waals surface area contributed by atoms with Crippen LogP contribution in [-0.4, -0.2) is 37.8 Å². The predicted molar refractivity (Wildman–Crippen MR) is 103 cm³/mol. The van der Waals surface area contributed by atoms with Gasteiger partial charge in [-0.1, -0.05) is 31.7 Å². The number of piperidine rings is 1. The molecule has 1 N–H and O–H groups in total. The Kier molecular flexibility index (Phi) is 6.88. The van der Waals surface area contributed by atoms with E-state index < -0.39 is 21.8 Å². The van der Waals surface area contributed by atoms with Gasteiger partial charge in [-0.25, -0.2) is 8.42 Å². The molecule has 1 saturated carbocycles. The first-order chi connectivity index (χ1) is 13.7. The van der Waals surface area contributed by atoms with E-state index in [4.69, 9.17) is 0 Å². The van der Waals surface area contributed by atoms with Gasteiger partial charge in [0.1, 0.15) is 0 Å². The Morgan fingerprint density at radius 1 is 1.00 bits per heavy atom. The molecule has 0 aromatic heterocycles. The monoisotopic (exact) mass is 432 g/mol. The number of nitrogens with one attached hydrogen (secondary N) is 1. The number of amides is 1. The van der Waals surface area contributed by atoms with Gasteiger partial charge in [0.25, 0.3) is 0 Å². The van der Waals surface area contributed by atoms with E-state index in [0.29, 0.717) is 18.9 Å². The van der Waals surface area contributed by atoms with E-state index in [0.717, 1.165) is 37.8 Å². The Morgan fingerprint density at radius 3 is 2.21 bits per heavy atom. The van der Waals surface area contributed by atoms with Crippen LogP contribution in [0.15, 0.2) is 29.2 Å². The number of halogens is 3. The van der Waals surface area contributed by atoms with E-state index in [1.807, 2.05) is 0 Å². The average Bonchev–Trinajstić information content (AvgIpc) is 2.96. The van der Waals surface area contributed by atoms with Crippen molar-refractivity contribution in [3.8, 4) is 0 Å². The number of nitrogens with zero attached hydrogens (tertiary/aromatic N) is 1. The second-order valence-corrected chi connectivity index (χ2v) is 9.84. The second kappa shape index (κ2) is 9.04. The molecule has 0 bridgehead atoms. The van der Waals surface area contributed by atoms with Crippen LogP contribution in [-0.2, 0) is 21.0 Å². The number of rotatable bonds is 4. The zero-order chi connectivity index (χ0) is 21.1. The van der Waals surface area contributed by atoms with Gasteiger partial charge in [0.2, 0.25) is 15.9 Å². The molecule has 0 radical (unpaired) electrons. The number of hydrogen-bond acceptors (Lipinski definition) is 3. The summed E-state index contributed by atoms with van der Waals surface area (Å²) in [6, 6.07) is 3.98. The van der Waals surface area contributed by atoms with Crippen molar-refractivity contribution >= 4 is 15.9 Å². The quantitative estimate of drug-likeness (QED) is 0.733. The molecule has 1 aliphatic carbocycles. The molecule has 1 aromatic rings. The van der Waals surface area contributed by atoms with Crippen molar-refractivity contribution in [3.63, 3.8) is 0 Å². The molecule has 5 nitrogen and oxygen atoms in total. The lowest BCUT2D eigenvalue weighted by molar-refractivity contribution is -0.137. The highest BCUT2D eigenvalue weighted by Gasteiger charge is 2.35. The summed E-state index contributed by atoms with van der Waals surface area (Å²) in [4.78, 5) is 12.2. The van der Waals surface area contributed by atoms with E-state index in [1.54, 1.807) is 0 Å². The highest BCUT2D eigenvalue weighted by molar-refractivity contribution is 7.89. The number of hydrogen-bond donors (Lipinski definition) is 1. The molecule has 9 heteroatoms. The van der Waals surface area contributed by atoms with Crippen molar-refractivity contribution in [1.29, 1.82) is 0 Å². The van der Waals surface area contributed by atoms with Crippen LogP contribution in [0.25, 0.3) is 0 Å². The first kappa shape index (κ1) is 22.1. The Labute approximate surface area is 169 Å². The summed E-state index contributed by atoms with van der Waals surface area (Å²) in [6.07, 6.45) is 2.71. The second-order valence-electron chi connectivity index (χ2n) is 7.90. The molecule has 1 aliphatic heterocycles. The summed E-state index contributed by atoms with van der Waals surface area (Å²) in [5.74, 6) is -0.292. The molecule has 1 aromatic carbocycles. The number of benzene rings is 1. The summed E-state index contributed by atoms with van der Waals surface area (Å²) < 4.78 is 65.4. The third-order valence-corrected chi connectivity index (χ3v) is 7.72. The minimum absolute atomic E-state index is 0.0342. The molecule has 1 saturated heterocycles. The van der Waals surface area contributed by atoms with Gasteiger partial charge in [0.05, 0.1) is 10.5 Å². The molecule has 3 rings (SSSR count). The van der Waals surface area contributed by atoms with Gasteiger partial charge >= 0.3 is 6.18 Å². The Morgan fingerprint density at radius 2 is 1.62 bits per heavy atom. The SMILES string of the molecule is O=C(NC1CCCCCC1)C1CCN(S(=O)(=O)c2cccc(C(F)(F)F)c2)CC1. The van der Waals surface area contributed by atoms with Gasteiger partial charge in [-0.05, 0) is 43.9 Å². The number of carbonyl (C=O) groups excluding carboxylic acids is 1. The van der Waals surface area contributed by atoms with E-state index in [1.165, 1.54) is 23.2 Å². The first-order valence-electron chi connectivity index (χ1n) is 10.2. The molecule has 162 valence electrons. The lowest BCUT2D eigenvalue weighted by Gasteiger charge is -2.31. The van der Waals surface area contributed by atoms with Crippen LogP contribution in [0.5, 0.6) is 0 Å². The van der Waals surface area contributed by atoms with Crippen LogP contribution >= 0.6 is 0 Å². The van der Waals surface area contributed by atoms with Crippen LogP contribution in [0, 0.1) is 5.92 Å². The summed E-state index contributed by atoms with van der Waals surface area (Å²) in [5.41, 5.74) is -0.990. The van der Waals surface area contributed by atoms with Crippen LogP contribution in [0.3, 0.4) is 0 Å². The number of sulfonamides is 1. The van der Waals surface area contributed by atoms with E-state index in [2.05, 4.69) is 5.32 Å². The van der Waals surface area contributed by atoms with Crippen molar-refractivity contribution in [2.24, 2.45) is 5.92 Å². The molecule has 0 unspecified atom stereocenters. The predicted octanol–water partition coefficient (Wildman–Crippen LogP) is 3.95. The maximum atomic E-state index is 12.9. The van der Waals surface area contributed by atoms with Crippen molar-refractivity contribution in [1.82, 2.24) is 9.62 Å². The fourth-order valence-electron chi connectivity index (χ4n) is 4.08. The summed E-state index contributed by atoms with van der Waals surface area (Å²) in [6.45, 7) is 0.253. The molecule has 2 aliphatic rings. The fourth-order valence-corrected chi connectivity index (χ4v) is 5.60. The van der Waals surface area contributed by atoms with Gasteiger partial charge in [0, 0.05) is 25.0 Å².